The van der Waals surface area contributed by atoms with E-state index in [1.54, 1.807) is 24.3 Å². The average molecular weight is 293 g/mol. The van der Waals surface area contributed by atoms with Gasteiger partial charge in [-0.15, -0.1) is 0 Å². The third-order valence-corrected chi connectivity index (χ3v) is 2.80. The Balaban J connectivity index is 2.25. The second-order valence-electron chi connectivity index (χ2n) is 3.87. The number of carbonyl (C=O) groups excluding carboxylic acids is 1. The molecule has 0 aliphatic carbocycles. The summed E-state index contributed by atoms with van der Waals surface area (Å²) in [5.74, 6) is 5.41. The lowest BCUT2D eigenvalue weighted by Gasteiger charge is -2.10. The number of nitrogen functional groups attached to an aromatic ring is 1. The first-order chi connectivity index (χ1) is 9.63. The highest BCUT2D eigenvalue weighted by atomic mass is 35.5. The van der Waals surface area contributed by atoms with Crippen LogP contribution in [0.15, 0.2) is 36.5 Å². The van der Waals surface area contributed by atoms with Gasteiger partial charge in [-0.25, -0.2) is 0 Å². The molecule has 1 amide bonds. The van der Waals surface area contributed by atoms with Gasteiger partial charge in [0.2, 0.25) is 0 Å². The van der Waals surface area contributed by atoms with Gasteiger partial charge in [0, 0.05) is 11.2 Å². The van der Waals surface area contributed by atoms with Gasteiger partial charge in [0.15, 0.2) is 0 Å². The molecule has 1 aromatic carbocycles. The Kier molecular flexibility index (Phi) is 4.39. The molecule has 0 atom stereocenters. The number of anilines is 2. The molecule has 0 unspecified atom stereocenters. The van der Waals surface area contributed by atoms with Crippen LogP contribution in [-0.4, -0.2) is 18.0 Å². The number of benzene rings is 1. The van der Waals surface area contributed by atoms with E-state index >= 15 is 0 Å². The number of rotatable bonds is 4. The van der Waals surface area contributed by atoms with Crippen LogP contribution in [0, 0.1) is 0 Å². The van der Waals surface area contributed by atoms with E-state index in [9.17, 15) is 4.79 Å². The number of nitrogens with zero attached hydrogens (tertiary/aromatic N) is 1. The lowest BCUT2D eigenvalue weighted by atomic mass is 10.2. The summed E-state index contributed by atoms with van der Waals surface area (Å²) in [5.41, 5.74) is 3.73. The first-order valence-electron chi connectivity index (χ1n) is 5.71. The predicted molar refractivity (Wildman–Crippen MR) is 78.0 cm³/mol. The number of ether oxygens (including phenoxy) is 1. The minimum atomic E-state index is -0.386. The smallest absolute Gasteiger partial charge is 0.274 e. The summed E-state index contributed by atoms with van der Waals surface area (Å²) in [6.45, 7) is 0. The summed E-state index contributed by atoms with van der Waals surface area (Å²) < 4.78 is 5.16. The molecule has 0 saturated heterocycles. The van der Waals surface area contributed by atoms with E-state index in [4.69, 9.17) is 22.2 Å². The average Bonchev–Trinajstić information content (AvgIpc) is 2.47. The number of hydrogen-bond donors (Lipinski definition) is 3. The lowest BCUT2D eigenvalue weighted by molar-refractivity contribution is 0.102. The third kappa shape index (κ3) is 3.17. The normalized spacial score (nSPS) is 9.95. The molecule has 4 N–H and O–H groups in total. The highest BCUT2D eigenvalue weighted by molar-refractivity contribution is 6.31. The Morgan fingerprint density at radius 1 is 1.35 bits per heavy atom. The van der Waals surface area contributed by atoms with Crippen molar-refractivity contribution in [2.24, 2.45) is 5.84 Å². The minimum Gasteiger partial charge on any atom is -0.495 e. The number of nitrogens with one attached hydrogen (secondary N) is 2. The zero-order valence-corrected chi connectivity index (χ0v) is 11.4. The van der Waals surface area contributed by atoms with Crippen molar-refractivity contribution in [3.05, 3.63) is 47.2 Å². The van der Waals surface area contributed by atoms with Crippen molar-refractivity contribution < 1.29 is 9.53 Å². The molecule has 0 spiro atoms. The summed E-state index contributed by atoms with van der Waals surface area (Å²) in [7, 11) is 1.51. The van der Waals surface area contributed by atoms with E-state index in [2.05, 4.69) is 15.7 Å². The maximum Gasteiger partial charge on any atom is 0.274 e. The van der Waals surface area contributed by atoms with Crippen molar-refractivity contribution in [1.29, 1.82) is 0 Å². The van der Waals surface area contributed by atoms with Crippen LogP contribution in [0.2, 0.25) is 5.02 Å². The standard InChI is InChI=1S/C13H13ClN4O2/c1-20-12-3-2-8(14)6-10(12)17-13(19)11-7-9(18-15)4-5-16-11/h2-7H,15H2,1H3,(H,16,18)(H,17,19). The predicted octanol–water partition coefficient (Wildman–Crippen LogP) is 2.28. The quantitative estimate of drug-likeness (QED) is 0.594. The van der Waals surface area contributed by atoms with Gasteiger partial charge in [-0.05, 0) is 30.3 Å². The zero-order valence-electron chi connectivity index (χ0n) is 10.7. The number of nitrogens with two attached hydrogens (primary N) is 1. The maximum absolute atomic E-state index is 12.1. The Morgan fingerprint density at radius 2 is 2.15 bits per heavy atom. The number of amides is 1. The SMILES string of the molecule is COc1ccc(Cl)cc1NC(=O)c1cc(NN)ccn1. The Hall–Kier alpha value is -2.31. The van der Waals surface area contributed by atoms with E-state index in [1.807, 2.05) is 0 Å². The van der Waals surface area contributed by atoms with Crippen molar-refractivity contribution in [2.45, 2.75) is 0 Å². The van der Waals surface area contributed by atoms with Gasteiger partial charge in [0.25, 0.3) is 5.91 Å². The number of hydrogen-bond acceptors (Lipinski definition) is 5. The first-order valence-corrected chi connectivity index (χ1v) is 6.09. The Labute approximate surface area is 120 Å². The van der Waals surface area contributed by atoms with E-state index in [0.29, 0.717) is 22.1 Å². The Bertz CT molecular complexity index is 634. The van der Waals surface area contributed by atoms with Crippen LogP contribution < -0.4 is 21.3 Å². The van der Waals surface area contributed by atoms with E-state index in [-0.39, 0.29) is 11.6 Å². The van der Waals surface area contributed by atoms with Gasteiger partial charge < -0.3 is 15.5 Å². The van der Waals surface area contributed by atoms with E-state index in [0.717, 1.165) is 0 Å². The van der Waals surface area contributed by atoms with Crippen LogP contribution >= 0.6 is 11.6 Å². The Morgan fingerprint density at radius 3 is 2.85 bits per heavy atom. The van der Waals surface area contributed by atoms with Gasteiger partial charge >= 0.3 is 0 Å². The molecular formula is C13H13ClN4O2. The second kappa shape index (κ2) is 6.23. The molecule has 20 heavy (non-hydrogen) atoms. The number of aromatic nitrogens is 1. The number of hydrazine groups is 1. The third-order valence-electron chi connectivity index (χ3n) is 2.57. The van der Waals surface area contributed by atoms with Gasteiger partial charge in [0.1, 0.15) is 11.4 Å². The van der Waals surface area contributed by atoms with Crippen molar-refractivity contribution in [2.75, 3.05) is 17.9 Å². The molecule has 1 heterocycles. The van der Waals surface area contributed by atoms with Crippen LogP contribution in [-0.2, 0) is 0 Å². The molecule has 0 aliphatic heterocycles. The van der Waals surface area contributed by atoms with Crippen molar-refractivity contribution in [3.8, 4) is 5.75 Å². The monoisotopic (exact) mass is 292 g/mol. The van der Waals surface area contributed by atoms with Gasteiger partial charge in [-0.2, -0.15) is 0 Å². The fourth-order valence-electron chi connectivity index (χ4n) is 1.61. The molecule has 2 aromatic rings. The molecule has 6 nitrogen and oxygen atoms in total. The summed E-state index contributed by atoms with van der Waals surface area (Å²) in [5, 5.41) is 3.18. The fraction of sp³-hybridized carbons (Fsp3) is 0.0769. The van der Waals surface area contributed by atoms with Crippen LogP contribution in [0.3, 0.4) is 0 Å². The topological polar surface area (TPSA) is 89.3 Å². The molecule has 104 valence electrons. The fourth-order valence-corrected chi connectivity index (χ4v) is 1.78. The molecular weight excluding hydrogens is 280 g/mol. The van der Waals surface area contributed by atoms with Crippen LogP contribution in [0.4, 0.5) is 11.4 Å². The summed E-state index contributed by atoms with van der Waals surface area (Å²) in [4.78, 5) is 16.1. The van der Waals surface area contributed by atoms with E-state index in [1.165, 1.54) is 19.4 Å². The molecule has 7 heteroatoms. The molecule has 0 saturated carbocycles. The van der Waals surface area contributed by atoms with Crippen molar-refractivity contribution in [1.82, 2.24) is 4.98 Å². The maximum atomic E-state index is 12.1. The van der Waals surface area contributed by atoms with Crippen molar-refractivity contribution in [3.63, 3.8) is 0 Å². The largest absolute Gasteiger partial charge is 0.495 e. The summed E-state index contributed by atoms with van der Waals surface area (Å²) in [6.07, 6.45) is 1.49. The second-order valence-corrected chi connectivity index (χ2v) is 4.31. The highest BCUT2D eigenvalue weighted by Gasteiger charge is 2.12. The molecule has 0 fully saturated rings. The van der Waals surface area contributed by atoms with E-state index < -0.39 is 0 Å². The number of methoxy groups -OCH3 is 1. The van der Waals surface area contributed by atoms with Crippen molar-refractivity contribution >= 4 is 28.9 Å². The lowest BCUT2D eigenvalue weighted by Crippen LogP contribution is -2.15. The molecule has 0 bridgehead atoms. The van der Waals surface area contributed by atoms with Crippen LogP contribution in [0.5, 0.6) is 5.75 Å². The van der Waals surface area contributed by atoms with Gasteiger partial charge in [0.05, 0.1) is 18.5 Å². The van der Waals surface area contributed by atoms with Crippen LogP contribution in [0.25, 0.3) is 0 Å². The number of pyridine rings is 1. The molecule has 1 aromatic heterocycles. The minimum absolute atomic E-state index is 0.225. The number of halogens is 1. The molecule has 0 aliphatic rings. The van der Waals surface area contributed by atoms with Gasteiger partial charge in [-0.1, -0.05) is 11.6 Å². The summed E-state index contributed by atoms with van der Waals surface area (Å²) in [6, 6.07) is 8.13. The first kappa shape index (κ1) is 14.1. The van der Waals surface area contributed by atoms with Crippen LogP contribution in [0.1, 0.15) is 10.5 Å². The zero-order chi connectivity index (χ0) is 14.5. The van der Waals surface area contributed by atoms with Gasteiger partial charge in [-0.3, -0.25) is 15.6 Å². The number of carbonyl (C=O) groups is 1. The highest BCUT2D eigenvalue weighted by Crippen LogP contribution is 2.28. The summed E-state index contributed by atoms with van der Waals surface area (Å²) >= 11 is 5.90. The molecule has 2 rings (SSSR count). The molecule has 0 radical (unpaired) electrons.